The Kier molecular flexibility index (Phi) is 6.79. The lowest BCUT2D eigenvalue weighted by molar-refractivity contribution is -0.123. The summed E-state index contributed by atoms with van der Waals surface area (Å²) in [6.07, 6.45) is 0. The summed E-state index contributed by atoms with van der Waals surface area (Å²) in [6.45, 7) is 8.14. The number of carbonyl (C=O) groups excluding carboxylic acids is 1. The quantitative estimate of drug-likeness (QED) is 0.795. The van der Waals surface area contributed by atoms with Crippen LogP contribution in [0.5, 0.6) is 0 Å². The van der Waals surface area contributed by atoms with Crippen molar-refractivity contribution < 1.29 is 17.9 Å². The van der Waals surface area contributed by atoms with Crippen LogP contribution in [0, 0.1) is 0 Å². The van der Waals surface area contributed by atoms with Gasteiger partial charge in [-0.05, 0) is 45.5 Å². The van der Waals surface area contributed by atoms with Crippen molar-refractivity contribution >= 4 is 15.9 Å². The molecular weight excluding hydrogens is 354 g/mol. The highest BCUT2D eigenvalue weighted by Gasteiger charge is 2.26. The minimum atomic E-state index is -3.51. The van der Waals surface area contributed by atoms with Gasteiger partial charge in [0.15, 0.2) is 0 Å². The number of hydrogen-bond acceptors (Lipinski definition) is 5. The summed E-state index contributed by atoms with van der Waals surface area (Å²) in [6, 6.07) is 6.91. The smallest absolute Gasteiger partial charge is 0.243 e. The first-order valence-electron chi connectivity index (χ1n) is 8.74. The number of carbonyl (C=O) groups is 1. The molecule has 8 heteroatoms. The number of benzene rings is 1. The van der Waals surface area contributed by atoms with Crippen molar-refractivity contribution in [3.63, 3.8) is 0 Å². The average molecular weight is 384 g/mol. The maximum Gasteiger partial charge on any atom is 0.243 e. The zero-order valence-electron chi connectivity index (χ0n) is 16.0. The zero-order valence-corrected chi connectivity index (χ0v) is 16.8. The van der Waals surface area contributed by atoms with Gasteiger partial charge in [-0.1, -0.05) is 12.1 Å². The van der Waals surface area contributed by atoms with Crippen molar-refractivity contribution in [1.82, 2.24) is 14.5 Å². The number of morpholine rings is 1. The van der Waals surface area contributed by atoms with E-state index in [1.165, 1.54) is 4.31 Å². The minimum absolute atomic E-state index is 0.0582. The fourth-order valence-corrected chi connectivity index (χ4v) is 4.29. The van der Waals surface area contributed by atoms with Crippen LogP contribution < -0.4 is 5.32 Å². The number of nitrogens with one attached hydrogen (secondary N) is 1. The van der Waals surface area contributed by atoms with E-state index in [1.54, 1.807) is 18.2 Å². The molecule has 1 aromatic rings. The maximum absolute atomic E-state index is 12.8. The van der Waals surface area contributed by atoms with Crippen molar-refractivity contribution in [1.29, 1.82) is 0 Å². The molecule has 1 aliphatic rings. The molecule has 0 aromatic heterocycles. The molecule has 1 amide bonds. The number of nitrogens with zero attached hydrogens (tertiary/aromatic N) is 2. The fraction of sp³-hybridized carbons (Fsp3) is 0.611. The lowest BCUT2D eigenvalue weighted by Crippen LogP contribution is -2.45. The van der Waals surface area contributed by atoms with Crippen LogP contribution in [0.15, 0.2) is 29.2 Å². The summed E-state index contributed by atoms with van der Waals surface area (Å²) in [5, 5.41) is 2.92. The van der Waals surface area contributed by atoms with Crippen LogP contribution in [-0.4, -0.2) is 69.0 Å². The monoisotopic (exact) mass is 383 g/mol. The zero-order chi connectivity index (χ0) is 19.4. The van der Waals surface area contributed by atoms with Crippen molar-refractivity contribution in [2.75, 3.05) is 39.9 Å². The summed E-state index contributed by atoms with van der Waals surface area (Å²) < 4.78 is 32.2. The molecule has 0 saturated carbocycles. The predicted octanol–water partition coefficient (Wildman–Crippen LogP) is 1.05. The Morgan fingerprint density at radius 2 is 1.92 bits per heavy atom. The summed E-state index contributed by atoms with van der Waals surface area (Å²) in [5.74, 6) is -0.0582. The highest BCUT2D eigenvalue weighted by atomic mass is 32.2. The van der Waals surface area contributed by atoms with Crippen LogP contribution in [0.3, 0.4) is 0 Å². The third-order valence-electron chi connectivity index (χ3n) is 3.89. The third-order valence-corrected chi connectivity index (χ3v) is 5.78. The van der Waals surface area contributed by atoms with Gasteiger partial charge in [0, 0.05) is 25.2 Å². The van der Waals surface area contributed by atoms with Crippen molar-refractivity contribution in [3.05, 3.63) is 29.8 Å². The second-order valence-corrected chi connectivity index (χ2v) is 9.57. The highest BCUT2D eigenvalue weighted by molar-refractivity contribution is 7.89. The first-order valence-corrected chi connectivity index (χ1v) is 10.2. The summed E-state index contributed by atoms with van der Waals surface area (Å²) in [7, 11) is -1.67. The largest absolute Gasteiger partial charge is 0.379 e. The second kappa shape index (κ2) is 8.47. The number of sulfonamides is 1. The van der Waals surface area contributed by atoms with Gasteiger partial charge < -0.3 is 10.1 Å². The van der Waals surface area contributed by atoms with E-state index >= 15 is 0 Å². The number of hydrogen-bond donors (Lipinski definition) is 1. The van der Waals surface area contributed by atoms with Crippen molar-refractivity contribution in [2.24, 2.45) is 0 Å². The van der Waals surface area contributed by atoms with E-state index in [2.05, 4.69) is 5.32 Å². The van der Waals surface area contributed by atoms with Crippen molar-refractivity contribution in [2.45, 2.75) is 37.8 Å². The Hall–Kier alpha value is -1.48. The molecule has 0 unspecified atom stereocenters. The van der Waals surface area contributed by atoms with E-state index in [9.17, 15) is 13.2 Å². The Morgan fingerprint density at radius 3 is 2.54 bits per heavy atom. The fourth-order valence-electron chi connectivity index (χ4n) is 2.81. The van der Waals surface area contributed by atoms with Crippen LogP contribution >= 0.6 is 0 Å². The lowest BCUT2D eigenvalue weighted by atomic mass is 10.1. The van der Waals surface area contributed by atoms with E-state index < -0.39 is 10.0 Å². The average Bonchev–Trinajstić information content (AvgIpc) is 2.54. The SMILES string of the molecule is CN(CC(=O)NC(C)(C)C)Cc1cccc(S(=O)(=O)N2CCOCC2)c1. The van der Waals surface area contributed by atoms with Crippen LogP contribution in [-0.2, 0) is 26.1 Å². The standard InChI is InChI=1S/C18H29N3O4S/c1-18(2,3)19-17(22)14-20(4)13-15-6-5-7-16(12-15)26(23,24)21-8-10-25-11-9-21/h5-7,12H,8-11,13-14H2,1-4H3,(H,19,22). The normalized spacial score (nSPS) is 16.7. The van der Waals surface area contributed by atoms with Crippen LogP contribution in [0.25, 0.3) is 0 Å². The molecule has 0 atom stereocenters. The van der Waals surface area contributed by atoms with E-state index in [0.29, 0.717) is 32.8 Å². The molecule has 1 fully saturated rings. The molecule has 1 aliphatic heterocycles. The maximum atomic E-state index is 12.8. The third kappa shape index (κ3) is 6.05. The lowest BCUT2D eigenvalue weighted by Gasteiger charge is -2.26. The molecule has 0 radical (unpaired) electrons. The van der Waals surface area contributed by atoms with E-state index in [1.807, 2.05) is 38.8 Å². The summed E-state index contributed by atoms with van der Waals surface area (Å²) >= 11 is 0. The number of likely N-dealkylation sites (N-methyl/N-ethyl adjacent to an activating group) is 1. The molecule has 146 valence electrons. The minimum Gasteiger partial charge on any atom is -0.379 e. The first kappa shape index (κ1) is 20.8. The van der Waals surface area contributed by atoms with Gasteiger partial charge in [0.2, 0.25) is 15.9 Å². The predicted molar refractivity (Wildman–Crippen MR) is 100 cm³/mol. The first-order chi connectivity index (χ1) is 12.1. The molecule has 0 aliphatic carbocycles. The topological polar surface area (TPSA) is 79.0 Å². The van der Waals surface area contributed by atoms with Gasteiger partial charge in [-0.3, -0.25) is 9.69 Å². The summed E-state index contributed by atoms with van der Waals surface area (Å²) in [5.41, 5.74) is 0.578. The molecule has 2 rings (SSSR count). The molecule has 1 N–H and O–H groups in total. The van der Waals surface area contributed by atoms with Crippen molar-refractivity contribution in [3.8, 4) is 0 Å². The van der Waals surface area contributed by atoms with Gasteiger partial charge in [-0.15, -0.1) is 0 Å². The van der Waals surface area contributed by atoms with Gasteiger partial charge >= 0.3 is 0 Å². The van der Waals surface area contributed by atoms with Gasteiger partial charge in [0.25, 0.3) is 0 Å². The molecular formula is C18H29N3O4S. The molecule has 26 heavy (non-hydrogen) atoms. The molecule has 0 bridgehead atoms. The van der Waals surface area contributed by atoms with E-state index in [4.69, 9.17) is 4.74 Å². The number of rotatable bonds is 6. The Morgan fingerprint density at radius 1 is 1.27 bits per heavy atom. The molecule has 0 spiro atoms. The number of amides is 1. The van der Waals surface area contributed by atoms with Gasteiger partial charge in [-0.2, -0.15) is 4.31 Å². The molecule has 1 aromatic carbocycles. The van der Waals surface area contributed by atoms with E-state index in [0.717, 1.165) is 5.56 Å². The molecule has 1 saturated heterocycles. The van der Waals surface area contributed by atoms with Crippen LogP contribution in [0.2, 0.25) is 0 Å². The molecule has 1 heterocycles. The van der Waals surface area contributed by atoms with Gasteiger partial charge in [0.05, 0.1) is 24.7 Å². The Labute approximate surface area is 156 Å². The highest BCUT2D eigenvalue weighted by Crippen LogP contribution is 2.19. The number of ether oxygens (including phenoxy) is 1. The Bertz CT molecular complexity index is 722. The summed E-state index contributed by atoms with van der Waals surface area (Å²) in [4.78, 5) is 14.2. The Balaban J connectivity index is 2.03. The van der Waals surface area contributed by atoms with E-state index in [-0.39, 0.29) is 22.9 Å². The molecule has 7 nitrogen and oxygen atoms in total. The van der Waals surface area contributed by atoms with Gasteiger partial charge in [0.1, 0.15) is 0 Å². The van der Waals surface area contributed by atoms with Crippen LogP contribution in [0.1, 0.15) is 26.3 Å². The van der Waals surface area contributed by atoms with Gasteiger partial charge in [-0.25, -0.2) is 8.42 Å². The second-order valence-electron chi connectivity index (χ2n) is 7.63. The van der Waals surface area contributed by atoms with Crippen LogP contribution in [0.4, 0.5) is 0 Å².